The van der Waals surface area contributed by atoms with Crippen molar-refractivity contribution < 1.29 is 9.53 Å². The van der Waals surface area contributed by atoms with Crippen molar-refractivity contribution in [1.82, 2.24) is 24.9 Å². The molecule has 2 bridgehead atoms. The molecule has 1 aliphatic rings. The lowest BCUT2D eigenvalue weighted by molar-refractivity contribution is 0.0920. The normalized spacial score (nSPS) is 20.2. The number of nitrogens with zero attached hydrogens (tertiary/aromatic N) is 4. The van der Waals surface area contributed by atoms with Crippen LogP contribution in [-0.4, -0.2) is 38.1 Å². The van der Waals surface area contributed by atoms with Gasteiger partial charge in [-0.3, -0.25) is 4.79 Å². The van der Waals surface area contributed by atoms with Gasteiger partial charge in [0.25, 0.3) is 5.91 Å². The summed E-state index contributed by atoms with van der Waals surface area (Å²) in [5.74, 6) is 0.998. The molecule has 0 spiro atoms. The quantitative estimate of drug-likeness (QED) is 0.697. The maximum absolute atomic E-state index is 12.7. The molecule has 134 valence electrons. The first-order valence-corrected chi connectivity index (χ1v) is 8.65. The molecule has 26 heavy (non-hydrogen) atoms. The number of pyridine rings is 1. The van der Waals surface area contributed by atoms with E-state index in [-0.39, 0.29) is 18.0 Å². The molecule has 0 fully saturated rings. The molecule has 4 rings (SSSR count). The Hall–Kier alpha value is -3.16. The molecular weight excluding hydrogens is 332 g/mol. The van der Waals surface area contributed by atoms with Gasteiger partial charge >= 0.3 is 0 Å². The van der Waals surface area contributed by atoms with Crippen molar-refractivity contribution >= 4 is 17.4 Å². The molecule has 0 saturated carbocycles. The van der Waals surface area contributed by atoms with Gasteiger partial charge in [0.2, 0.25) is 5.88 Å². The fourth-order valence-electron chi connectivity index (χ4n) is 2.97. The zero-order valence-electron chi connectivity index (χ0n) is 14.6. The molecule has 3 aromatic heterocycles. The molecule has 0 radical (unpaired) electrons. The van der Waals surface area contributed by atoms with Crippen LogP contribution in [0.5, 0.6) is 5.88 Å². The van der Waals surface area contributed by atoms with Gasteiger partial charge in [0.1, 0.15) is 18.0 Å². The zero-order chi connectivity index (χ0) is 18.1. The predicted octanol–water partition coefficient (Wildman–Crippen LogP) is 2.20. The molecule has 3 aromatic rings. The molecule has 8 heteroatoms. The van der Waals surface area contributed by atoms with Crippen LogP contribution in [0.3, 0.4) is 0 Å². The van der Waals surface area contributed by atoms with Crippen molar-refractivity contribution in [2.75, 3.05) is 11.9 Å². The predicted molar refractivity (Wildman–Crippen MR) is 96.3 cm³/mol. The maximum Gasteiger partial charge on any atom is 0.257 e. The van der Waals surface area contributed by atoms with E-state index >= 15 is 0 Å². The SMILES string of the molecule is CC[C@@H]1COc2ncccc2[C@@H](C)Nc2ccn3ncc(c3n2)C(=O)N1. The van der Waals surface area contributed by atoms with Gasteiger partial charge in [-0.2, -0.15) is 5.10 Å². The van der Waals surface area contributed by atoms with Crippen LogP contribution in [0, 0.1) is 0 Å². The average Bonchev–Trinajstić information content (AvgIpc) is 3.08. The van der Waals surface area contributed by atoms with Gasteiger partial charge in [-0.25, -0.2) is 14.5 Å². The first-order valence-electron chi connectivity index (χ1n) is 8.65. The van der Waals surface area contributed by atoms with Gasteiger partial charge in [-0.15, -0.1) is 0 Å². The van der Waals surface area contributed by atoms with Crippen molar-refractivity contribution in [3.8, 4) is 5.88 Å². The summed E-state index contributed by atoms with van der Waals surface area (Å²) in [5, 5.41) is 10.6. The second-order valence-corrected chi connectivity index (χ2v) is 6.29. The van der Waals surface area contributed by atoms with Crippen LogP contribution < -0.4 is 15.4 Å². The van der Waals surface area contributed by atoms with Crippen molar-refractivity contribution in [1.29, 1.82) is 0 Å². The number of aromatic nitrogens is 4. The number of amides is 1. The van der Waals surface area contributed by atoms with Gasteiger partial charge in [-0.05, 0) is 25.5 Å². The largest absolute Gasteiger partial charge is 0.475 e. The van der Waals surface area contributed by atoms with Crippen LogP contribution in [0.25, 0.3) is 5.65 Å². The Morgan fingerprint density at radius 3 is 3.08 bits per heavy atom. The van der Waals surface area contributed by atoms with Crippen LogP contribution in [0.1, 0.15) is 42.2 Å². The highest BCUT2D eigenvalue weighted by molar-refractivity contribution is 5.99. The van der Waals surface area contributed by atoms with Gasteiger partial charge < -0.3 is 15.4 Å². The van der Waals surface area contributed by atoms with E-state index in [1.54, 1.807) is 16.9 Å². The molecule has 0 aliphatic carbocycles. The molecule has 0 aromatic carbocycles. The van der Waals surface area contributed by atoms with E-state index in [1.165, 1.54) is 6.20 Å². The Kier molecular flexibility index (Phi) is 4.16. The van der Waals surface area contributed by atoms with Gasteiger partial charge in [0.05, 0.1) is 18.3 Å². The van der Waals surface area contributed by atoms with Gasteiger partial charge in [0, 0.05) is 18.0 Å². The summed E-state index contributed by atoms with van der Waals surface area (Å²) < 4.78 is 7.52. The molecule has 1 aliphatic heterocycles. The number of hydrogen-bond donors (Lipinski definition) is 2. The van der Waals surface area contributed by atoms with Crippen LogP contribution in [0.2, 0.25) is 0 Å². The third kappa shape index (κ3) is 2.94. The lowest BCUT2D eigenvalue weighted by atomic mass is 10.1. The van der Waals surface area contributed by atoms with Crippen molar-refractivity contribution in [3.63, 3.8) is 0 Å². The second-order valence-electron chi connectivity index (χ2n) is 6.29. The molecular formula is C18H20N6O2. The zero-order valence-corrected chi connectivity index (χ0v) is 14.6. The van der Waals surface area contributed by atoms with E-state index in [0.29, 0.717) is 29.5 Å². The first-order chi connectivity index (χ1) is 12.7. The second kappa shape index (κ2) is 6.62. The Morgan fingerprint density at radius 2 is 2.23 bits per heavy atom. The maximum atomic E-state index is 12.7. The minimum absolute atomic E-state index is 0.0653. The number of ether oxygens (including phenoxy) is 1. The number of carbonyl (C=O) groups is 1. The van der Waals surface area contributed by atoms with Crippen molar-refractivity contribution in [2.45, 2.75) is 32.4 Å². The summed E-state index contributed by atoms with van der Waals surface area (Å²) in [4.78, 5) is 21.6. The number of nitrogens with one attached hydrogen (secondary N) is 2. The van der Waals surface area contributed by atoms with E-state index < -0.39 is 0 Å². The molecule has 0 saturated heterocycles. The van der Waals surface area contributed by atoms with Gasteiger partial charge in [-0.1, -0.05) is 13.0 Å². The van der Waals surface area contributed by atoms with E-state index in [4.69, 9.17) is 4.74 Å². The first kappa shape index (κ1) is 16.3. The van der Waals surface area contributed by atoms with Crippen LogP contribution >= 0.6 is 0 Å². The fourth-order valence-corrected chi connectivity index (χ4v) is 2.97. The van der Waals surface area contributed by atoms with Crippen LogP contribution in [0.15, 0.2) is 36.8 Å². The summed E-state index contributed by atoms with van der Waals surface area (Å²) in [6.07, 6.45) is 5.76. The minimum Gasteiger partial charge on any atom is -0.475 e. The Morgan fingerprint density at radius 1 is 1.35 bits per heavy atom. The third-order valence-electron chi connectivity index (χ3n) is 4.49. The topological polar surface area (TPSA) is 93.4 Å². The lowest BCUT2D eigenvalue weighted by Crippen LogP contribution is -2.38. The smallest absolute Gasteiger partial charge is 0.257 e. The Balaban J connectivity index is 1.81. The fraction of sp³-hybridized carbons (Fsp3) is 0.333. The summed E-state index contributed by atoms with van der Waals surface area (Å²) >= 11 is 0. The average molecular weight is 352 g/mol. The number of hydrogen-bond acceptors (Lipinski definition) is 6. The highest BCUT2D eigenvalue weighted by Gasteiger charge is 2.21. The summed E-state index contributed by atoms with van der Waals surface area (Å²) in [7, 11) is 0. The summed E-state index contributed by atoms with van der Waals surface area (Å²) in [5.41, 5.74) is 1.89. The molecule has 1 amide bonds. The molecule has 2 atom stereocenters. The number of anilines is 1. The highest BCUT2D eigenvalue weighted by Crippen LogP contribution is 2.26. The Labute approximate surface area is 150 Å². The molecule has 2 N–H and O–H groups in total. The van der Waals surface area contributed by atoms with Crippen molar-refractivity contribution in [3.05, 3.63) is 47.9 Å². The van der Waals surface area contributed by atoms with E-state index in [9.17, 15) is 4.79 Å². The van der Waals surface area contributed by atoms with Crippen LogP contribution in [-0.2, 0) is 0 Å². The Bertz CT molecular complexity index is 954. The number of carbonyl (C=O) groups excluding carboxylic acids is 1. The standard InChI is InChI=1S/C18H20N6O2/c1-3-12-10-26-18-13(5-4-7-19-18)11(2)21-15-6-8-24-16(23-15)14(9-20-24)17(25)22-12/h4-9,11-12H,3,10H2,1-2H3,(H,21,23)(H,22,25)/t11-,12-/m1/s1. The number of fused-ring (bicyclic) bond motifs is 2. The van der Waals surface area contributed by atoms with Crippen molar-refractivity contribution in [2.24, 2.45) is 0 Å². The summed E-state index contributed by atoms with van der Waals surface area (Å²) in [6, 6.07) is 5.47. The van der Waals surface area contributed by atoms with E-state index in [2.05, 4.69) is 25.7 Å². The molecule has 4 heterocycles. The lowest BCUT2D eigenvalue weighted by Gasteiger charge is -2.20. The minimum atomic E-state index is -0.214. The number of rotatable bonds is 1. The summed E-state index contributed by atoms with van der Waals surface area (Å²) in [6.45, 7) is 4.37. The van der Waals surface area contributed by atoms with Crippen LogP contribution in [0.4, 0.5) is 5.82 Å². The molecule has 0 unspecified atom stereocenters. The third-order valence-corrected chi connectivity index (χ3v) is 4.49. The van der Waals surface area contributed by atoms with E-state index in [0.717, 1.165) is 12.0 Å². The van der Waals surface area contributed by atoms with Gasteiger partial charge in [0.15, 0.2) is 5.65 Å². The monoisotopic (exact) mass is 352 g/mol. The highest BCUT2D eigenvalue weighted by atomic mass is 16.5. The van der Waals surface area contributed by atoms with E-state index in [1.807, 2.05) is 32.0 Å². The molecule has 8 nitrogen and oxygen atoms in total.